The molecule has 0 aromatic heterocycles. The van der Waals surface area contributed by atoms with Gasteiger partial charge in [0, 0.05) is 5.56 Å². The van der Waals surface area contributed by atoms with E-state index in [1.807, 2.05) is 0 Å². The van der Waals surface area contributed by atoms with Crippen molar-refractivity contribution in [3.63, 3.8) is 0 Å². The van der Waals surface area contributed by atoms with Gasteiger partial charge in [-0.05, 0) is 42.2 Å². The first-order valence-electron chi connectivity index (χ1n) is 8.99. The minimum atomic E-state index is -3.93. The van der Waals surface area contributed by atoms with Crippen LogP contribution in [0.3, 0.4) is 0 Å². The van der Waals surface area contributed by atoms with Gasteiger partial charge >= 0.3 is 0 Å². The number of carbonyl (C=O) groups excluding carboxylic acids is 1. The maximum Gasteiger partial charge on any atom is 0.266 e. The smallest absolute Gasteiger partial charge is 0.266 e. The van der Waals surface area contributed by atoms with E-state index in [1.165, 1.54) is 45.6 Å². The molecular formula is C20H26N2O6S. The lowest BCUT2D eigenvalue weighted by Gasteiger charge is -2.14. The molecule has 1 atom stereocenters. The lowest BCUT2D eigenvalue weighted by Crippen LogP contribution is -2.41. The van der Waals surface area contributed by atoms with Gasteiger partial charge in [-0.25, -0.2) is 8.42 Å². The minimum Gasteiger partial charge on any atom is -0.493 e. The van der Waals surface area contributed by atoms with Gasteiger partial charge in [0.2, 0.25) is 5.75 Å². The standard InChI is InChI=1S/C20H26N2O6S/c1-6-13(2)14-7-9-16(10-8-14)29(24,25)22-21-20(23)15-11-17(26-3)19(28-5)18(12-15)27-4/h7-13,22H,6H2,1-5H3,(H,21,23)/t13-/m0/s1. The Labute approximate surface area is 171 Å². The van der Waals surface area contributed by atoms with Gasteiger partial charge in [0.05, 0.1) is 26.2 Å². The molecule has 0 radical (unpaired) electrons. The topological polar surface area (TPSA) is 103 Å². The molecule has 2 aromatic rings. The van der Waals surface area contributed by atoms with E-state index < -0.39 is 15.9 Å². The summed E-state index contributed by atoms with van der Waals surface area (Å²) >= 11 is 0. The summed E-state index contributed by atoms with van der Waals surface area (Å²) in [6.45, 7) is 4.13. The molecule has 29 heavy (non-hydrogen) atoms. The monoisotopic (exact) mass is 422 g/mol. The molecule has 9 heteroatoms. The lowest BCUT2D eigenvalue weighted by atomic mass is 9.99. The van der Waals surface area contributed by atoms with Crippen LogP contribution in [-0.2, 0) is 10.0 Å². The molecule has 0 aliphatic heterocycles. The van der Waals surface area contributed by atoms with E-state index in [9.17, 15) is 13.2 Å². The Morgan fingerprint density at radius 1 is 1.00 bits per heavy atom. The van der Waals surface area contributed by atoms with Crippen molar-refractivity contribution in [2.45, 2.75) is 31.1 Å². The third-order valence-corrected chi connectivity index (χ3v) is 5.86. The molecule has 0 heterocycles. The number of hydrogen-bond acceptors (Lipinski definition) is 6. The molecule has 0 aliphatic rings. The van der Waals surface area contributed by atoms with Crippen molar-refractivity contribution in [1.82, 2.24) is 10.3 Å². The minimum absolute atomic E-state index is 0.0507. The van der Waals surface area contributed by atoms with Gasteiger partial charge < -0.3 is 14.2 Å². The van der Waals surface area contributed by atoms with Gasteiger partial charge in [0.25, 0.3) is 15.9 Å². The second kappa shape index (κ2) is 9.62. The highest BCUT2D eigenvalue weighted by Gasteiger charge is 2.20. The summed E-state index contributed by atoms with van der Waals surface area (Å²) in [5.74, 6) is 0.540. The van der Waals surface area contributed by atoms with Crippen LogP contribution in [0.2, 0.25) is 0 Å². The van der Waals surface area contributed by atoms with Gasteiger partial charge in [0.15, 0.2) is 11.5 Å². The number of methoxy groups -OCH3 is 3. The summed E-state index contributed by atoms with van der Waals surface area (Å²) in [4.78, 5) is 14.6. The average molecular weight is 423 g/mol. The molecule has 1 amide bonds. The molecule has 0 bridgehead atoms. The zero-order chi connectivity index (χ0) is 21.6. The summed E-state index contributed by atoms with van der Waals surface area (Å²) in [5, 5.41) is 0. The molecule has 0 saturated heterocycles. The molecule has 0 aliphatic carbocycles. The maximum absolute atomic E-state index is 12.5. The number of hydrazine groups is 1. The van der Waals surface area contributed by atoms with Crippen LogP contribution in [0.1, 0.15) is 42.1 Å². The van der Waals surface area contributed by atoms with E-state index in [2.05, 4.69) is 24.1 Å². The second-order valence-corrected chi connectivity index (χ2v) is 8.03. The number of carbonyl (C=O) groups is 1. The van der Waals surface area contributed by atoms with E-state index in [0.29, 0.717) is 11.7 Å². The first-order chi connectivity index (χ1) is 13.8. The molecule has 8 nitrogen and oxygen atoms in total. The summed E-state index contributed by atoms with van der Waals surface area (Å²) in [6.07, 6.45) is 0.954. The van der Waals surface area contributed by atoms with E-state index >= 15 is 0 Å². The molecule has 0 unspecified atom stereocenters. The molecule has 2 N–H and O–H groups in total. The molecule has 2 aromatic carbocycles. The molecule has 2 rings (SSSR count). The summed E-state index contributed by atoms with van der Waals surface area (Å²) in [6, 6.07) is 9.40. The van der Waals surface area contributed by atoms with Crippen LogP contribution in [0.25, 0.3) is 0 Å². The molecule has 0 spiro atoms. The fourth-order valence-corrected chi connectivity index (χ4v) is 3.51. The molecule has 158 valence electrons. The maximum atomic E-state index is 12.5. The zero-order valence-electron chi connectivity index (χ0n) is 17.1. The van der Waals surface area contributed by atoms with Gasteiger partial charge in [0.1, 0.15) is 0 Å². The summed E-state index contributed by atoms with van der Waals surface area (Å²) in [5.41, 5.74) is 3.38. The third-order valence-electron chi connectivity index (χ3n) is 4.60. The predicted molar refractivity (Wildman–Crippen MR) is 109 cm³/mol. The number of sulfonamides is 1. The summed E-state index contributed by atoms with van der Waals surface area (Å²) < 4.78 is 40.5. The van der Waals surface area contributed by atoms with Crippen LogP contribution in [0.15, 0.2) is 41.3 Å². The van der Waals surface area contributed by atoms with Crippen LogP contribution in [0, 0.1) is 0 Å². The Morgan fingerprint density at radius 2 is 1.55 bits per heavy atom. The van der Waals surface area contributed by atoms with Crippen molar-refractivity contribution in [1.29, 1.82) is 0 Å². The van der Waals surface area contributed by atoms with E-state index in [-0.39, 0.29) is 22.0 Å². The summed E-state index contributed by atoms with van der Waals surface area (Å²) in [7, 11) is 0.362. The number of rotatable bonds is 9. The van der Waals surface area contributed by atoms with Crippen molar-refractivity contribution < 1.29 is 27.4 Å². The van der Waals surface area contributed by atoms with E-state index in [1.54, 1.807) is 12.1 Å². The highest BCUT2D eigenvalue weighted by molar-refractivity contribution is 7.89. The Kier molecular flexibility index (Phi) is 7.46. The first-order valence-corrected chi connectivity index (χ1v) is 10.5. The molecular weight excluding hydrogens is 396 g/mol. The highest BCUT2D eigenvalue weighted by atomic mass is 32.2. The van der Waals surface area contributed by atoms with Crippen LogP contribution < -0.4 is 24.5 Å². The predicted octanol–water partition coefficient (Wildman–Crippen LogP) is 2.85. The van der Waals surface area contributed by atoms with Gasteiger partial charge in [-0.2, -0.15) is 0 Å². The van der Waals surface area contributed by atoms with Crippen molar-refractivity contribution in [3.05, 3.63) is 47.5 Å². The first kappa shape index (κ1) is 22.5. The van der Waals surface area contributed by atoms with Gasteiger partial charge in [-0.15, -0.1) is 4.83 Å². The van der Waals surface area contributed by atoms with Crippen LogP contribution in [-0.4, -0.2) is 35.7 Å². The Balaban J connectivity index is 2.17. The van der Waals surface area contributed by atoms with Crippen molar-refractivity contribution in [3.8, 4) is 17.2 Å². The number of nitrogens with one attached hydrogen (secondary N) is 2. The van der Waals surface area contributed by atoms with Crippen LogP contribution in [0.5, 0.6) is 17.2 Å². The SMILES string of the molecule is CC[C@H](C)c1ccc(S(=O)(=O)NNC(=O)c2cc(OC)c(OC)c(OC)c2)cc1. The van der Waals surface area contributed by atoms with Gasteiger partial charge in [-0.3, -0.25) is 10.2 Å². The normalized spacial score (nSPS) is 12.2. The quantitative estimate of drug-likeness (QED) is 0.603. The van der Waals surface area contributed by atoms with Crippen LogP contribution in [0.4, 0.5) is 0 Å². The average Bonchev–Trinajstić information content (AvgIpc) is 2.75. The highest BCUT2D eigenvalue weighted by Crippen LogP contribution is 2.38. The Hall–Kier alpha value is -2.78. The molecule has 0 saturated carbocycles. The number of ether oxygens (including phenoxy) is 3. The van der Waals surface area contributed by atoms with E-state index in [0.717, 1.165) is 12.0 Å². The van der Waals surface area contributed by atoms with Crippen LogP contribution >= 0.6 is 0 Å². The van der Waals surface area contributed by atoms with Crippen molar-refractivity contribution in [2.24, 2.45) is 0 Å². The third kappa shape index (κ3) is 5.18. The Morgan fingerprint density at radius 3 is 2.00 bits per heavy atom. The van der Waals surface area contributed by atoms with E-state index in [4.69, 9.17) is 14.2 Å². The van der Waals surface area contributed by atoms with Crippen molar-refractivity contribution in [2.75, 3.05) is 21.3 Å². The Bertz CT molecular complexity index is 932. The number of hydrogen-bond donors (Lipinski definition) is 2. The molecule has 0 fully saturated rings. The largest absolute Gasteiger partial charge is 0.493 e. The number of amides is 1. The fraction of sp³-hybridized carbons (Fsp3) is 0.350. The second-order valence-electron chi connectivity index (χ2n) is 6.35. The fourth-order valence-electron chi connectivity index (χ4n) is 2.67. The number of benzene rings is 2. The van der Waals surface area contributed by atoms with Crippen molar-refractivity contribution >= 4 is 15.9 Å². The van der Waals surface area contributed by atoms with Gasteiger partial charge in [-0.1, -0.05) is 26.0 Å². The lowest BCUT2D eigenvalue weighted by molar-refractivity contribution is 0.0944. The zero-order valence-corrected chi connectivity index (χ0v) is 17.9.